The van der Waals surface area contributed by atoms with Gasteiger partial charge in [0.15, 0.2) is 0 Å². The SMILES string of the molecule is Cc1c(C#N)c(NC(=O)CN2c3ccccc3CC2C)n(Cc2ccco2)c1C. The number of nitrogens with one attached hydrogen (secondary N) is 1. The minimum absolute atomic E-state index is 0.136. The van der Waals surface area contributed by atoms with Gasteiger partial charge < -0.3 is 19.2 Å². The lowest BCUT2D eigenvalue weighted by molar-refractivity contribution is -0.115. The van der Waals surface area contributed by atoms with Gasteiger partial charge in [-0.05, 0) is 56.5 Å². The monoisotopic (exact) mass is 388 g/mol. The number of furan rings is 1. The van der Waals surface area contributed by atoms with Crippen molar-refractivity contribution in [3.8, 4) is 6.07 Å². The van der Waals surface area contributed by atoms with Crippen LogP contribution in [-0.4, -0.2) is 23.1 Å². The lowest BCUT2D eigenvalue weighted by Crippen LogP contribution is -2.37. The van der Waals surface area contributed by atoms with E-state index in [2.05, 4.69) is 35.3 Å². The molecule has 1 amide bonds. The van der Waals surface area contributed by atoms with E-state index in [0.717, 1.165) is 29.1 Å². The Labute approximate surface area is 170 Å². The van der Waals surface area contributed by atoms with Gasteiger partial charge in [0.1, 0.15) is 17.6 Å². The third-order valence-electron chi connectivity index (χ3n) is 5.76. The normalized spacial score (nSPS) is 15.2. The molecule has 0 spiro atoms. The Bertz CT molecular complexity index is 1090. The zero-order valence-electron chi connectivity index (χ0n) is 16.9. The lowest BCUT2D eigenvalue weighted by atomic mass is 10.1. The highest BCUT2D eigenvalue weighted by molar-refractivity contribution is 5.95. The van der Waals surface area contributed by atoms with E-state index in [9.17, 15) is 10.1 Å². The first kappa shape index (κ1) is 18.9. The molecule has 1 unspecified atom stereocenters. The maximum atomic E-state index is 13.0. The Balaban J connectivity index is 1.60. The summed E-state index contributed by atoms with van der Waals surface area (Å²) in [5.74, 6) is 1.16. The third kappa shape index (κ3) is 3.40. The van der Waals surface area contributed by atoms with Crippen molar-refractivity contribution in [2.45, 2.75) is 39.8 Å². The van der Waals surface area contributed by atoms with Gasteiger partial charge in [-0.3, -0.25) is 4.79 Å². The molecule has 148 valence electrons. The number of anilines is 2. The first-order valence-corrected chi connectivity index (χ1v) is 9.76. The molecule has 0 saturated carbocycles. The number of amides is 1. The molecule has 3 aromatic rings. The Morgan fingerprint density at radius 3 is 2.79 bits per heavy atom. The number of benzene rings is 1. The van der Waals surface area contributed by atoms with Gasteiger partial charge in [0.25, 0.3) is 0 Å². The molecule has 6 heteroatoms. The molecule has 1 aliphatic heterocycles. The van der Waals surface area contributed by atoms with E-state index in [1.165, 1.54) is 5.56 Å². The second-order valence-corrected chi connectivity index (χ2v) is 7.57. The minimum Gasteiger partial charge on any atom is -0.467 e. The van der Waals surface area contributed by atoms with Crippen LogP contribution in [0.2, 0.25) is 0 Å². The number of aromatic nitrogens is 1. The Morgan fingerprint density at radius 1 is 1.28 bits per heavy atom. The van der Waals surface area contributed by atoms with Crippen molar-refractivity contribution >= 4 is 17.4 Å². The van der Waals surface area contributed by atoms with Crippen LogP contribution in [0, 0.1) is 25.2 Å². The predicted octanol–water partition coefficient (Wildman–Crippen LogP) is 4.01. The van der Waals surface area contributed by atoms with Crippen LogP contribution >= 0.6 is 0 Å². The molecule has 2 aromatic heterocycles. The molecule has 1 atom stereocenters. The average molecular weight is 388 g/mol. The summed E-state index contributed by atoms with van der Waals surface area (Å²) in [6.07, 6.45) is 2.55. The molecule has 1 N–H and O–H groups in total. The molecule has 0 saturated heterocycles. The van der Waals surface area contributed by atoms with E-state index in [0.29, 0.717) is 17.9 Å². The molecular weight excluding hydrogens is 364 g/mol. The fraction of sp³-hybridized carbons (Fsp3) is 0.304. The molecule has 1 aromatic carbocycles. The van der Waals surface area contributed by atoms with Gasteiger partial charge >= 0.3 is 0 Å². The highest BCUT2D eigenvalue weighted by Gasteiger charge is 2.28. The number of nitrogens with zero attached hydrogens (tertiary/aromatic N) is 3. The number of hydrogen-bond donors (Lipinski definition) is 1. The standard InChI is InChI=1S/C23H24N4O2/c1-15-11-18-7-4-5-9-21(18)26(15)14-22(28)25-23-20(12-24)16(2)17(3)27(23)13-19-8-6-10-29-19/h4-10,15H,11,13-14H2,1-3H3,(H,25,28). The number of carbonyl (C=O) groups is 1. The number of para-hydroxylation sites is 1. The fourth-order valence-corrected chi connectivity index (χ4v) is 4.08. The summed E-state index contributed by atoms with van der Waals surface area (Å²) in [5.41, 5.74) is 4.67. The van der Waals surface area contributed by atoms with Crippen LogP contribution in [0.15, 0.2) is 47.1 Å². The molecule has 0 bridgehead atoms. The van der Waals surface area contributed by atoms with Crippen molar-refractivity contribution in [3.05, 3.63) is 70.8 Å². The molecule has 6 nitrogen and oxygen atoms in total. The topological polar surface area (TPSA) is 74.2 Å². The van der Waals surface area contributed by atoms with Crippen molar-refractivity contribution in [1.29, 1.82) is 5.26 Å². The molecule has 0 aliphatic carbocycles. The van der Waals surface area contributed by atoms with Crippen LogP contribution in [0.5, 0.6) is 0 Å². The maximum Gasteiger partial charge on any atom is 0.245 e. The van der Waals surface area contributed by atoms with Crippen molar-refractivity contribution in [2.75, 3.05) is 16.8 Å². The largest absolute Gasteiger partial charge is 0.467 e. The lowest BCUT2D eigenvalue weighted by Gasteiger charge is -2.24. The van der Waals surface area contributed by atoms with E-state index in [1.54, 1.807) is 6.26 Å². The van der Waals surface area contributed by atoms with E-state index in [4.69, 9.17) is 4.42 Å². The number of carbonyl (C=O) groups excluding carboxylic acids is 1. The average Bonchev–Trinajstić information content (AvgIpc) is 3.38. The molecule has 0 radical (unpaired) electrons. The van der Waals surface area contributed by atoms with Crippen molar-refractivity contribution in [1.82, 2.24) is 4.57 Å². The Morgan fingerprint density at radius 2 is 2.07 bits per heavy atom. The van der Waals surface area contributed by atoms with Gasteiger partial charge in [-0.1, -0.05) is 18.2 Å². The van der Waals surface area contributed by atoms with Crippen LogP contribution < -0.4 is 10.2 Å². The molecule has 1 aliphatic rings. The smallest absolute Gasteiger partial charge is 0.245 e. The van der Waals surface area contributed by atoms with Gasteiger partial charge in [0.2, 0.25) is 5.91 Å². The van der Waals surface area contributed by atoms with Gasteiger partial charge in [0, 0.05) is 17.4 Å². The zero-order chi connectivity index (χ0) is 20.5. The fourth-order valence-electron chi connectivity index (χ4n) is 4.08. The highest BCUT2D eigenvalue weighted by Crippen LogP contribution is 2.32. The van der Waals surface area contributed by atoms with E-state index >= 15 is 0 Å². The molecule has 0 fully saturated rings. The van der Waals surface area contributed by atoms with E-state index in [-0.39, 0.29) is 18.5 Å². The summed E-state index contributed by atoms with van der Waals surface area (Å²) in [4.78, 5) is 15.1. The minimum atomic E-state index is -0.136. The van der Waals surface area contributed by atoms with E-state index < -0.39 is 0 Å². The van der Waals surface area contributed by atoms with Crippen LogP contribution in [0.1, 0.15) is 35.1 Å². The summed E-state index contributed by atoms with van der Waals surface area (Å²) >= 11 is 0. The first-order chi connectivity index (χ1) is 14.0. The second kappa shape index (κ2) is 7.51. The van der Waals surface area contributed by atoms with Crippen LogP contribution in [-0.2, 0) is 17.8 Å². The van der Waals surface area contributed by atoms with Crippen molar-refractivity contribution in [2.24, 2.45) is 0 Å². The van der Waals surface area contributed by atoms with Crippen molar-refractivity contribution < 1.29 is 9.21 Å². The number of fused-ring (bicyclic) bond motifs is 1. The number of rotatable bonds is 5. The zero-order valence-corrected chi connectivity index (χ0v) is 16.9. The predicted molar refractivity (Wildman–Crippen MR) is 112 cm³/mol. The van der Waals surface area contributed by atoms with Gasteiger partial charge in [-0.25, -0.2) is 0 Å². The number of nitriles is 1. The third-order valence-corrected chi connectivity index (χ3v) is 5.76. The quantitative estimate of drug-likeness (QED) is 0.717. The summed E-state index contributed by atoms with van der Waals surface area (Å²) in [5, 5.41) is 12.7. The van der Waals surface area contributed by atoms with Crippen LogP contribution in [0.4, 0.5) is 11.5 Å². The Kier molecular flexibility index (Phi) is 4.89. The van der Waals surface area contributed by atoms with Gasteiger partial charge in [-0.15, -0.1) is 0 Å². The summed E-state index contributed by atoms with van der Waals surface area (Å²) in [6, 6.07) is 14.4. The maximum absolute atomic E-state index is 13.0. The molecule has 3 heterocycles. The first-order valence-electron chi connectivity index (χ1n) is 9.76. The molecular formula is C23H24N4O2. The van der Waals surface area contributed by atoms with Gasteiger partial charge in [-0.2, -0.15) is 5.26 Å². The van der Waals surface area contributed by atoms with Gasteiger partial charge in [0.05, 0.1) is 24.9 Å². The molecule has 29 heavy (non-hydrogen) atoms. The summed E-state index contributed by atoms with van der Waals surface area (Å²) in [6.45, 7) is 6.68. The van der Waals surface area contributed by atoms with E-state index in [1.807, 2.05) is 42.7 Å². The Hall–Kier alpha value is -3.46. The number of hydrogen-bond acceptors (Lipinski definition) is 4. The van der Waals surface area contributed by atoms with Crippen LogP contribution in [0.25, 0.3) is 0 Å². The second-order valence-electron chi connectivity index (χ2n) is 7.57. The highest BCUT2D eigenvalue weighted by atomic mass is 16.3. The van der Waals surface area contributed by atoms with Crippen LogP contribution in [0.3, 0.4) is 0 Å². The molecule has 4 rings (SSSR count). The summed E-state index contributed by atoms with van der Waals surface area (Å²) < 4.78 is 7.41. The van der Waals surface area contributed by atoms with Crippen molar-refractivity contribution in [3.63, 3.8) is 0 Å². The summed E-state index contributed by atoms with van der Waals surface area (Å²) in [7, 11) is 0.